The summed E-state index contributed by atoms with van der Waals surface area (Å²) in [6.07, 6.45) is 5.47. The van der Waals surface area contributed by atoms with E-state index in [1.807, 2.05) is 103 Å². The van der Waals surface area contributed by atoms with E-state index in [0.29, 0.717) is 17.5 Å². The summed E-state index contributed by atoms with van der Waals surface area (Å²) in [5.74, 6) is 1.85. The Morgan fingerprint density at radius 1 is 0.310 bits per heavy atom. The molecule has 0 amide bonds. The van der Waals surface area contributed by atoms with E-state index in [4.69, 9.17) is 19.9 Å². The molecule has 0 aliphatic carbocycles. The lowest BCUT2D eigenvalue weighted by Crippen LogP contribution is -2.00. The number of nitrogens with zero attached hydrogens (tertiary/aromatic N) is 5. The number of aromatic nitrogens is 5. The van der Waals surface area contributed by atoms with E-state index in [1.165, 1.54) is 0 Å². The maximum Gasteiger partial charge on any atom is 0.164 e. The normalized spacial score (nSPS) is 10.9. The maximum absolute atomic E-state index is 4.98. The minimum atomic E-state index is 0.596. The smallest absolute Gasteiger partial charge is 0.164 e. The first kappa shape index (κ1) is 25.2. The second kappa shape index (κ2) is 11.4. The van der Waals surface area contributed by atoms with Gasteiger partial charge in [-0.15, -0.1) is 0 Å². The fraction of sp³-hybridized carbons (Fsp3) is 0. The third-order valence-corrected chi connectivity index (χ3v) is 7.07. The molecule has 0 aliphatic heterocycles. The molecule has 5 nitrogen and oxygen atoms in total. The van der Waals surface area contributed by atoms with Gasteiger partial charge in [0, 0.05) is 40.8 Å². The zero-order chi connectivity index (χ0) is 28.1. The van der Waals surface area contributed by atoms with Crippen molar-refractivity contribution in [2.75, 3.05) is 0 Å². The summed E-state index contributed by atoms with van der Waals surface area (Å²) in [5, 5.41) is 0. The topological polar surface area (TPSA) is 64.5 Å². The van der Waals surface area contributed by atoms with Crippen LogP contribution in [0.4, 0.5) is 0 Å². The Hall–Kier alpha value is -5.81. The SMILES string of the molecule is c1ccc(-c2ccnc(-c3cc(-c4ccncc4)cc(-c4nc(-c5ccccc5)nc(-c5ccccc5)n4)c3)c2)cc1. The van der Waals surface area contributed by atoms with Crippen molar-refractivity contribution in [1.29, 1.82) is 0 Å². The highest BCUT2D eigenvalue weighted by molar-refractivity contribution is 5.80. The van der Waals surface area contributed by atoms with Crippen molar-refractivity contribution in [3.05, 3.63) is 152 Å². The van der Waals surface area contributed by atoms with Crippen molar-refractivity contribution < 1.29 is 0 Å². The van der Waals surface area contributed by atoms with Crippen LogP contribution in [0.1, 0.15) is 0 Å². The van der Waals surface area contributed by atoms with E-state index in [1.54, 1.807) is 12.4 Å². The number of benzene rings is 4. The number of hydrogen-bond donors (Lipinski definition) is 0. The highest BCUT2D eigenvalue weighted by Crippen LogP contribution is 2.33. The molecule has 0 saturated heterocycles. The number of pyridine rings is 2. The Kier molecular flexibility index (Phi) is 6.81. The van der Waals surface area contributed by atoms with Crippen LogP contribution >= 0.6 is 0 Å². The second-order valence-corrected chi connectivity index (χ2v) is 9.87. The molecule has 0 unspecified atom stereocenters. The molecule has 0 atom stereocenters. The first-order valence-electron chi connectivity index (χ1n) is 13.7. The van der Waals surface area contributed by atoms with Gasteiger partial charge in [-0.3, -0.25) is 9.97 Å². The van der Waals surface area contributed by atoms with E-state index >= 15 is 0 Å². The highest BCUT2D eigenvalue weighted by atomic mass is 15.0. The summed E-state index contributed by atoms with van der Waals surface area (Å²) >= 11 is 0. The maximum atomic E-state index is 4.98. The minimum absolute atomic E-state index is 0.596. The van der Waals surface area contributed by atoms with Crippen LogP contribution in [0.5, 0.6) is 0 Å². The molecule has 0 radical (unpaired) electrons. The van der Waals surface area contributed by atoms with Crippen LogP contribution in [0, 0.1) is 0 Å². The molecule has 0 bridgehead atoms. The molecule has 3 aromatic heterocycles. The number of rotatable bonds is 6. The molecule has 0 spiro atoms. The lowest BCUT2D eigenvalue weighted by atomic mass is 9.97. The first-order valence-corrected chi connectivity index (χ1v) is 13.7. The van der Waals surface area contributed by atoms with Crippen LogP contribution in [-0.2, 0) is 0 Å². The fourth-order valence-corrected chi connectivity index (χ4v) is 4.95. The van der Waals surface area contributed by atoms with Crippen molar-refractivity contribution in [1.82, 2.24) is 24.9 Å². The van der Waals surface area contributed by atoms with E-state index in [9.17, 15) is 0 Å². The monoisotopic (exact) mass is 539 g/mol. The third-order valence-electron chi connectivity index (χ3n) is 7.07. The van der Waals surface area contributed by atoms with Crippen LogP contribution in [-0.4, -0.2) is 24.9 Å². The highest BCUT2D eigenvalue weighted by Gasteiger charge is 2.15. The minimum Gasteiger partial charge on any atom is -0.265 e. The first-order chi connectivity index (χ1) is 20.8. The molecule has 0 N–H and O–H groups in total. The summed E-state index contributed by atoms with van der Waals surface area (Å²) in [5.41, 5.74) is 8.91. The van der Waals surface area contributed by atoms with E-state index in [-0.39, 0.29) is 0 Å². The Bertz CT molecular complexity index is 1900. The summed E-state index contributed by atoms with van der Waals surface area (Å²) in [4.78, 5) is 23.8. The Labute approximate surface area is 244 Å². The van der Waals surface area contributed by atoms with Gasteiger partial charge in [-0.25, -0.2) is 15.0 Å². The number of hydrogen-bond acceptors (Lipinski definition) is 5. The summed E-state index contributed by atoms with van der Waals surface area (Å²) in [6.45, 7) is 0. The van der Waals surface area contributed by atoms with Gasteiger partial charge in [-0.05, 0) is 64.7 Å². The standard InChI is InChI=1S/C37H25N5/c1-4-10-26(11-5-1)30-18-21-39-34(25-30)32-22-31(27-16-19-38-20-17-27)23-33(24-32)37-41-35(28-12-6-2-7-13-28)40-36(42-37)29-14-8-3-9-15-29/h1-25H. The molecule has 42 heavy (non-hydrogen) atoms. The van der Waals surface area contributed by atoms with Crippen LogP contribution in [0.3, 0.4) is 0 Å². The van der Waals surface area contributed by atoms with Crippen molar-refractivity contribution in [2.24, 2.45) is 0 Å². The average molecular weight is 540 g/mol. The van der Waals surface area contributed by atoms with Crippen LogP contribution < -0.4 is 0 Å². The second-order valence-electron chi connectivity index (χ2n) is 9.87. The zero-order valence-electron chi connectivity index (χ0n) is 22.7. The van der Waals surface area contributed by atoms with Gasteiger partial charge in [-0.1, -0.05) is 91.0 Å². The molecule has 0 saturated carbocycles. The third kappa shape index (κ3) is 5.31. The van der Waals surface area contributed by atoms with Crippen LogP contribution in [0.2, 0.25) is 0 Å². The molecule has 7 rings (SSSR count). The fourth-order valence-electron chi connectivity index (χ4n) is 4.95. The molecule has 3 heterocycles. The van der Waals surface area contributed by atoms with Crippen LogP contribution in [0.25, 0.3) is 67.7 Å². The summed E-state index contributed by atoms with van der Waals surface area (Å²) in [6, 6.07) is 45.0. The summed E-state index contributed by atoms with van der Waals surface area (Å²) < 4.78 is 0. The van der Waals surface area contributed by atoms with E-state index in [2.05, 4.69) is 41.4 Å². The van der Waals surface area contributed by atoms with Gasteiger partial charge in [0.1, 0.15) is 0 Å². The van der Waals surface area contributed by atoms with Gasteiger partial charge in [0.15, 0.2) is 17.5 Å². The predicted molar refractivity (Wildman–Crippen MR) is 168 cm³/mol. The molecule has 4 aromatic carbocycles. The Balaban J connectivity index is 1.43. The molecule has 0 aliphatic rings. The van der Waals surface area contributed by atoms with Crippen molar-refractivity contribution in [3.8, 4) is 67.7 Å². The molecule has 5 heteroatoms. The quantitative estimate of drug-likeness (QED) is 0.212. The van der Waals surface area contributed by atoms with Crippen molar-refractivity contribution >= 4 is 0 Å². The predicted octanol–water partition coefficient (Wildman–Crippen LogP) is 8.66. The Morgan fingerprint density at radius 2 is 0.762 bits per heavy atom. The van der Waals surface area contributed by atoms with Crippen molar-refractivity contribution in [3.63, 3.8) is 0 Å². The van der Waals surface area contributed by atoms with Gasteiger partial charge >= 0.3 is 0 Å². The molecular formula is C37H25N5. The van der Waals surface area contributed by atoms with Gasteiger partial charge in [0.25, 0.3) is 0 Å². The molecular weight excluding hydrogens is 514 g/mol. The van der Waals surface area contributed by atoms with E-state index < -0.39 is 0 Å². The van der Waals surface area contributed by atoms with Gasteiger partial charge in [0.2, 0.25) is 0 Å². The van der Waals surface area contributed by atoms with Gasteiger partial charge < -0.3 is 0 Å². The summed E-state index contributed by atoms with van der Waals surface area (Å²) in [7, 11) is 0. The van der Waals surface area contributed by atoms with E-state index in [0.717, 1.165) is 50.2 Å². The zero-order valence-corrected chi connectivity index (χ0v) is 22.7. The average Bonchev–Trinajstić information content (AvgIpc) is 3.09. The largest absolute Gasteiger partial charge is 0.265 e. The Morgan fingerprint density at radius 3 is 1.36 bits per heavy atom. The van der Waals surface area contributed by atoms with Crippen LogP contribution in [0.15, 0.2) is 152 Å². The molecule has 7 aromatic rings. The lowest BCUT2D eigenvalue weighted by molar-refractivity contribution is 1.07. The molecule has 198 valence electrons. The van der Waals surface area contributed by atoms with Gasteiger partial charge in [-0.2, -0.15) is 0 Å². The lowest BCUT2D eigenvalue weighted by Gasteiger charge is -2.12. The molecule has 0 fully saturated rings. The van der Waals surface area contributed by atoms with Gasteiger partial charge in [0.05, 0.1) is 5.69 Å². The van der Waals surface area contributed by atoms with Crippen molar-refractivity contribution in [2.45, 2.75) is 0 Å².